The number of guanidine groups is 1. The highest BCUT2D eigenvalue weighted by molar-refractivity contribution is 5.93. The summed E-state index contributed by atoms with van der Waals surface area (Å²) in [5.74, 6) is 0.471. The topological polar surface area (TPSA) is 72.9 Å². The molecule has 1 fully saturated rings. The lowest BCUT2D eigenvalue weighted by Crippen LogP contribution is -2.52. The van der Waals surface area contributed by atoms with Crippen molar-refractivity contribution in [1.82, 2.24) is 20.5 Å². The quantitative estimate of drug-likeness (QED) is 0.441. The van der Waals surface area contributed by atoms with Gasteiger partial charge in [0.25, 0.3) is 5.91 Å². The molecule has 0 aliphatic carbocycles. The van der Waals surface area contributed by atoms with E-state index in [0.29, 0.717) is 24.3 Å². The van der Waals surface area contributed by atoms with E-state index in [-0.39, 0.29) is 11.7 Å². The summed E-state index contributed by atoms with van der Waals surface area (Å²) in [6, 6.07) is 10.3. The standard InChI is InChI=1S/C21H27FN6O/c1-2-24-21(26-11-10-25-20(29)17-6-5-9-23-16-17)28-14-12-27(13-15-28)19-8-4-3-7-18(19)22/h3-9,16H,2,10-15H2,1H3,(H,24,26)(H,25,29). The summed E-state index contributed by atoms with van der Waals surface area (Å²) >= 11 is 0. The summed E-state index contributed by atoms with van der Waals surface area (Å²) in [6.45, 7) is 6.65. The number of anilines is 1. The van der Waals surface area contributed by atoms with Crippen LogP contribution in [-0.2, 0) is 0 Å². The number of aromatic nitrogens is 1. The minimum atomic E-state index is -0.189. The lowest BCUT2D eigenvalue weighted by Gasteiger charge is -2.37. The van der Waals surface area contributed by atoms with Crippen LogP contribution in [0, 0.1) is 5.82 Å². The number of aliphatic imine (C=N–C) groups is 1. The minimum Gasteiger partial charge on any atom is -0.366 e. The van der Waals surface area contributed by atoms with E-state index >= 15 is 0 Å². The van der Waals surface area contributed by atoms with Crippen LogP contribution in [0.1, 0.15) is 17.3 Å². The molecule has 0 radical (unpaired) electrons. The van der Waals surface area contributed by atoms with Gasteiger partial charge in [0.2, 0.25) is 0 Å². The summed E-state index contributed by atoms with van der Waals surface area (Å²) in [6.07, 6.45) is 3.17. The Hall–Kier alpha value is -3.16. The van der Waals surface area contributed by atoms with Gasteiger partial charge in [-0.25, -0.2) is 4.39 Å². The van der Waals surface area contributed by atoms with Crippen LogP contribution in [0.2, 0.25) is 0 Å². The molecular weight excluding hydrogens is 371 g/mol. The Bertz CT molecular complexity index is 821. The highest BCUT2D eigenvalue weighted by atomic mass is 19.1. The molecule has 8 heteroatoms. The van der Waals surface area contributed by atoms with Crippen molar-refractivity contribution in [2.75, 3.05) is 50.7 Å². The van der Waals surface area contributed by atoms with Gasteiger partial charge in [-0.2, -0.15) is 0 Å². The summed E-state index contributed by atoms with van der Waals surface area (Å²) in [7, 11) is 0. The van der Waals surface area contributed by atoms with Gasteiger partial charge in [-0.15, -0.1) is 0 Å². The zero-order valence-electron chi connectivity index (χ0n) is 16.6. The summed E-state index contributed by atoms with van der Waals surface area (Å²) in [4.78, 5) is 24.9. The second-order valence-corrected chi connectivity index (χ2v) is 6.66. The average Bonchev–Trinajstić information content (AvgIpc) is 2.77. The largest absolute Gasteiger partial charge is 0.366 e. The Morgan fingerprint density at radius 3 is 2.62 bits per heavy atom. The van der Waals surface area contributed by atoms with Crippen molar-refractivity contribution in [2.45, 2.75) is 6.92 Å². The maximum atomic E-state index is 14.0. The number of para-hydroxylation sites is 1. The van der Waals surface area contributed by atoms with Gasteiger partial charge in [0.15, 0.2) is 5.96 Å². The Labute approximate surface area is 170 Å². The highest BCUT2D eigenvalue weighted by Crippen LogP contribution is 2.20. The molecule has 0 atom stereocenters. The fourth-order valence-electron chi connectivity index (χ4n) is 3.22. The predicted molar refractivity (Wildman–Crippen MR) is 113 cm³/mol. The molecule has 29 heavy (non-hydrogen) atoms. The van der Waals surface area contributed by atoms with Gasteiger partial charge >= 0.3 is 0 Å². The number of halogens is 1. The molecule has 2 N–H and O–H groups in total. The second-order valence-electron chi connectivity index (χ2n) is 6.66. The van der Waals surface area contributed by atoms with Crippen LogP contribution >= 0.6 is 0 Å². The molecule has 0 bridgehead atoms. The van der Waals surface area contributed by atoms with Crippen molar-refractivity contribution < 1.29 is 9.18 Å². The fraction of sp³-hybridized carbons (Fsp3) is 0.381. The zero-order valence-corrected chi connectivity index (χ0v) is 16.6. The number of carbonyl (C=O) groups is 1. The first-order valence-electron chi connectivity index (χ1n) is 9.90. The van der Waals surface area contributed by atoms with Crippen LogP contribution in [0.4, 0.5) is 10.1 Å². The summed E-state index contributed by atoms with van der Waals surface area (Å²) < 4.78 is 14.0. The van der Waals surface area contributed by atoms with Crippen LogP contribution in [0.15, 0.2) is 53.8 Å². The van der Waals surface area contributed by atoms with Crippen molar-refractivity contribution in [2.24, 2.45) is 4.99 Å². The van der Waals surface area contributed by atoms with Gasteiger partial charge in [-0.1, -0.05) is 12.1 Å². The number of carbonyl (C=O) groups excluding carboxylic acids is 1. The molecule has 0 spiro atoms. The van der Waals surface area contributed by atoms with E-state index in [9.17, 15) is 9.18 Å². The molecule has 1 aliphatic heterocycles. The number of pyridine rings is 1. The Morgan fingerprint density at radius 1 is 1.14 bits per heavy atom. The number of hydrogen-bond acceptors (Lipinski definition) is 4. The monoisotopic (exact) mass is 398 g/mol. The molecule has 154 valence electrons. The third kappa shape index (κ3) is 5.66. The van der Waals surface area contributed by atoms with E-state index in [0.717, 1.165) is 38.7 Å². The number of nitrogens with one attached hydrogen (secondary N) is 2. The lowest BCUT2D eigenvalue weighted by atomic mass is 10.2. The molecular formula is C21H27FN6O. The van der Waals surface area contributed by atoms with Crippen molar-refractivity contribution in [3.05, 3.63) is 60.2 Å². The number of benzene rings is 1. The van der Waals surface area contributed by atoms with E-state index in [1.54, 1.807) is 24.4 Å². The van der Waals surface area contributed by atoms with Crippen LogP contribution in [0.3, 0.4) is 0 Å². The molecule has 3 rings (SSSR count). The Morgan fingerprint density at radius 2 is 1.93 bits per heavy atom. The molecule has 1 aromatic heterocycles. The lowest BCUT2D eigenvalue weighted by molar-refractivity contribution is 0.0954. The van der Waals surface area contributed by atoms with Crippen LogP contribution in [0.25, 0.3) is 0 Å². The first-order chi connectivity index (χ1) is 14.2. The summed E-state index contributed by atoms with van der Waals surface area (Å²) in [5, 5.41) is 6.15. The van der Waals surface area contributed by atoms with E-state index < -0.39 is 0 Å². The SMILES string of the molecule is CCNC(=NCCNC(=O)c1cccnc1)N1CCN(c2ccccc2F)CC1. The highest BCUT2D eigenvalue weighted by Gasteiger charge is 2.21. The maximum Gasteiger partial charge on any atom is 0.252 e. The number of rotatable bonds is 6. The Balaban J connectivity index is 1.50. The molecule has 1 aromatic carbocycles. The normalized spacial score (nSPS) is 14.6. The third-order valence-electron chi connectivity index (χ3n) is 4.69. The molecule has 2 aromatic rings. The van der Waals surface area contributed by atoms with E-state index in [4.69, 9.17) is 0 Å². The molecule has 2 heterocycles. The van der Waals surface area contributed by atoms with Gasteiger partial charge in [0.05, 0.1) is 17.8 Å². The van der Waals surface area contributed by atoms with E-state index in [1.807, 2.05) is 19.1 Å². The van der Waals surface area contributed by atoms with Crippen LogP contribution in [0.5, 0.6) is 0 Å². The minimum absolute atomic E-state index is 0.156. The van der Waals surface area contributed by atoms with Gasteiger partial charge in [0.1, 0.15) is 5.82 Å². The molecule has 7 nitrogen and oxygen atoms in total. The summed E-state index contributed by atoms with van der Waals surface area (Å²) in [5.41, 5.74) is 1.18. The fourth-order valence-corrected chi connectivity index (χ4v) is 3.22. The third-order valence-corrected chi connectivity index (χ3v) is 4.69. The molecule has 0 saturated carbocycles. The van der Waals surface area contributed by atoms with Crippen molar-refractivity contribution in [3.8, 4) is 0 Å². The van der Waals surface area contributed by atoms with Crippen LogP contribution < -0.4 is 15.5 Å². The van der Waals surface area contributed by atoms with Gasteiger partial charge < -0.3 is 20.4 Å². The first-order valence-corrected chi connectivity index (χ1v) is 9.90. The average molecular weight is 398 g/mol. The first kappa shape index (κ1) is 20.6. The van der Waals surface area contributed by atoms with Crippen molar-refractivity contribution >= 4 is 17.6 Å². The Kier molecular flexibility index (Phi) is 7.38. The van der Waals surface area contributed by atoms with Crippen molar-refractivity contribution in [1.29, 1.82) is 0 Å². The van der Waals surface area contributed by atoms with E-state index in [2.05, 4.69) is 30.4 Å². The maximum absolute atomic E-state index is 14.0. The number of piperazine rings is 1. The van der Waals surface area contributed by atoms with Gasteiger partial charge in [-0.05, 0) is 31.2 Å². The van der Waals surface area contributed by atoms with E-state index in [1.165, 1.54) is 12.3 Å². The molecule has 0 unspecified atom stereocenters. The number of nitrogens with zero attached hydrogens (tertiary/aromatic N) is 4. The molecule has 1 aliphatic rings. The predicted octanol–water partition coefficient (Wildman–Crippen LogP) is 1.74. The number of amides is 1. The number of hydrogen-bond donors (Lipinski definition) is 2. The smallest absolute Gasteiger partial charge is 0.252 e. The zero-order chi connectivity index (χ0) is 20.5. The van der Waals surface area contributed by atoms with Crippen LogP contribution in [-0.4, -0.2) is 67.6 Å². The second kappa shape index (κ2) is 10.4. The van der Waals surface area contributed by atoms with Gasteiger partial charge in [-0.3, -0.25) is 14.8 Å². The molecule has 1 amide bonds. The van der Waals surface area contributed by atoms with Gasteiger partial charge in [0, 0.05) is 51.7 Å². The molecule has 1 saturated heterocycles. The van der Waals surface area contributed by atoms with Crippen molar-refractivity contribution in [3.63, 3.8) is 0 Å².